The van der Waals surface area contributed by atoms with Crippen LogP contribution < -0.4 is 5.73 Å². The highest BCUT2D eigenvalue weighted by Crippen LogP contribution is 2.23. The van der Waals surface area contributed by atoms with Gasteiger partial charge in [0.25, 0.3) is 0 Å². The van der Waals surface area contributed by atoms with E-state index in [-0.39, 0.29) is 12.0 Å². The van der Waals surface area contributed by atoms with Crippen LogP contribution >= 0.6 is 22.7 Å². The minimum atomic E-state index is -0.847. The molecule has 0 aliphatic heterocycles. The summed E-state index contributed by atoms with van der Waals surface area (Å²) in [6.07, 6.45) is 1.77. The molecule has 2 aromatic rings. The Kier molecular flexibility index (Phi) is 9.65. The Hall–Kier alpha value is -2.06. The molecule has 0 saturated heterocycles. The first-order valence-electron chi connectivity index (χ1n) is 10.1. The minimum Gasteiger partial charge on any atom is -0.445 e. The topological polar surface area (TPSA) is 81.9 Å². The first-order valence-corrected chi connectivity index (χ1v) is 12.0. The van der Waals surface area contributed by atoms with Gasteiger partial charge in [0.15, 0.2) is 0 Å². The van der Waals surface area contributed by atoms with Gasteiger partial charge < -0.3 is 15.2 Å². The molecule has 0 spiro atoms. The Balaban J connectivity index is 1.90. The molecule has 166 valence electrons. The molecule has 2 rings (SSSR count). The van der Waals surface area contributed by atoms with Crippen molar-refractivity contribution in [3.05, 3.63) is 44.8 Å². The molecule has 2 N–H and O–H groups in total. The molecule has 0 aliphatic rings. The van der Waals surface area contributed by atoms with Crippen molar-refractivity contribution in [1.82, 2.24) is 4.90 Å². The van der Waals surface area contributed by atoms with Crippen molar-refractivity contribution in [1.29, 1.82) is 0 Å². The number of primary amides is 1. The molecule has 30 heavy (non-hydrogen) atoms. The Morgan fingerprint density at radius 2 is 1.67 bits per heavy atom. The normalized spacial score (nSPS) is 12.4. The number of hydrogen-bond acceptors (Lipinski definition) is 6. The number of amides is 2. The van der Waals surface area contributed by atoms with Crippen LogP contribution in [0.25, 0.3) is 0 Å². The third-order valence-corrected chi connectivity index (χ3v) is 6.01. The van der Waals surface area contributed by atoms with Gasteiger partial charge in [-0.3, -0.25) is 4.90 Å². The fourth-order valence-corrected chi connectivity index (χ4v) is 4.33. The van der Waals surface area contributed by atoms with Crippen molar-refractivity contribution in [2.45, 2.75) is 65.6 Å². The standard InChI is InChI=1S/C22H32N2O4S2/c1-22(2,3)9-5-4-6-19(28-20(23)25)14-27-21(26)24(12-17-7-10-29-15-17)13-18-8-11-30-16-18/h7-8,10-11,15-16,19H,4-6,9,12-14H2,1-3H3,(H2,23,25)/t19-/m0/s1. The number of nitrogens with two attached hydrogens (primary N) is 1. The predicted molar refractivity (Wildman–Crippen MR) is 122 cm³/mol. The van der Waals surface area contributed by atoms with Crippen LogP contribution in [0.3, 0.4) is 0 Å². The van der Waals surface area contributed by atoms with Crippen LogP contribution in [0.15, 0.2) is 33.7 Å². The molecule has 2 heterocycles. The molecular weight excluding hydrogens is 420 g/mol. The summed E-state index contributed by atoms with van der Waals surface area (Å²) in [6.45, 7) is 7.52. The molecule has 0 bridgehead atoms. The summed E-state index contributed by atoms with van der Waals surface area (Å²) in [5.41, 5.74) is 7.57. The van der Waals surface area contributed by atoms with E-state index >= 15 is 0 Å². The zero-order valence-corrected chi connectivity index (χ0v) is 19.6. The van der Waals surface area contributed by atoms with Gasteiger partial charge in [-0.15, -0.1) is 0 Å². The van der Waals surface area contributed by atoms with Crippen molar-refractivity contribution < 1.29 is 19.1 Å². The molecule has 2 amide bonds. The fraction of sp³-hybridized carbons (Fsp3) is 0.545. The molecule has 6 nitrogen and oxygen atoms in total. The highest BCUT2D eigenvalue weighted by molar-refractivity contribution is 7.08. The van der Waals surface area contributed by atoms with E-state index in [2.05, 4.69) is 20.8 Å². The summed E-state index contributed by atoms with van der Waals surface area (Å²) in [6, 6.07) is 3.99. The third-order valence-electron chi connectivity index (χ3n) is 4.54. The molecule has 0 saturated carbocycles. The number of rotatable bonds is 11. The van der Waals surface area contributed by atoms with Crippen molar-refractivity contribution >= 4 is 34.9 Å². The van der Waals surface area contributed by atoms with Gasteiger partial charge in [-0.2, -0.15) is 22.7 Å². The number of thiophene rings is 2. The molecule has 2 aromatic heterocycles. The quantitative estimate of drug-likeness (QED) is 0.423. The Bertz CT molecular complexity index is 718. The number of ether oxygens (including phenoxy) is 2. The van der Waals surface area contributed by atoms with Gasteiger partial charge in [0.1, 0.15) is 12.7 Å². The van der Waals surface area contributed by atoms with Crippen molar-refractivity contribution in [2.24, 2.45) is 11.1 Å². The average molecular weight is 453 g/mol. The van der Waals surface area contributed by atoms with E-state index in [1.54, 1.807) is 27.6 Å². The second-order valence-corrected chi connectivity index (χ2v) is 10.1. The Labute approximate surface area is 187 Å². The largest absolute Gasteiger partial charge is 0.445 e. The second-order valence-electron chi connectivity index (χ2n) is 8.56. The van der Waals surface area contributed by atoms with Gasteiger partial charge in [-0.1, -0.05) is 27.2 Å². The lowest BCUT2D eigenvalue weighted by Crippen LogP contribution is -2.34. The monoisotopic (exact) mass is 452 g/mol. The van der Waals surface area contributed by atoms with Crippen LogP contribution in [0.5, 0.6) is 0 Å². The summed E-state index contributed by atoms with van der Waals surface area (Å²) < 4.78 is 10.7. The number of unbranched alkanes of at least 4 members (excludes halogenated alkanes) is 1. The molecule has 0 radical (unpaired) electrons. The molecule has 1 atom stereocenters. The maximum Gasteiger partial charge on any atom is 0.410 e. The van der Waals surface area contributed by atoms with E-state index in [4.69, 9.17) is 15.2 Å². The predicted octanol–water partition coefficient (Wildman–Crippen LogP) is 6.02. The molecular formula is C22H32N2O4S2. The van der Waals surface area contributed by atoms with Crippen LogP contribution in [-0.4, -0.2) is 29.8 Å². The highest BCUT2D eigenvalue weighted by atomic mass is 32.1. The van der Waals surface area contributed by atoms with Crippen LogP contribution in [-0.2, 0) is 22.6 Å². The molecule has 0 aliphatic carbocycles. The SMILES string of the molecule is CC(C)(C)CCCC[C@@H](COC(=O)N(Cc1ccsc1)Cc1ccsc1)OC(N)=O. The maximum atomic E-state index is 12.8. The van der Waals surface area contributed by atoms with Gasteiger partial charge in [0.2, 0.25) is 0 Å². The fourth-order valence-electron chi connectivity index (χ4n) is 3.01. The summed E-state index contributed by atoms with van der Waals surface area (Å²) in [5, 5.41) is 8.00. The number of nitrogens with zero attached hydrogens (tertiary/aromatic N) is 1. The number of hydrogen-bond donors (Lipinski definition) is 1. The number of carbonyl (C=O) groups is 2. The summed E-state index contributed by atoms with van der Waals surface area (Å²) in [5.74, 6) is 0. The second kappa shape index (κ2) is 12.0. The van der Waals surface area contributed by atoms with E-state index < -0.39 is 18.3 Å². The molecule has 8 heteroatoms. The smallest absolute Gasteiger partial charge is 0.410 e. The van der Waals surface area contributed by atoms with Crippen LogP contribution in [0.4, 0.5) is 9.59 Å². The third kappa shape index (κ3) is 9.63. The van der Waals surface area contributed by atoms with Gasteiger partial charge >= 0.3 is 12.2 Å². The Morgan fingerprint density at radius 1 is 1.07 bits per heavy atom. The van der Waals surface area contributed by atoms with E-state index in [1.807, 2.05) is 33.7 Å². The Morgan fingerprint density at radius 3 is 2.13 bits per heavy atom. The van der Waals surface area contributed by atoms with E-state index in [1.165, 1.54) is 0 Å². The van der Waals surface area contributed by atoms with Crippen LogP contribution in [0, 0.1) is 5.41 Å². The van der Waals surface area contributed by atoms with Gasteiger partial charge in [-0.05, 0) is 69.5 Å². The van der Waals surface area contributed by atoms with E-state index in [0.717, 1.165) is 30.4 Å². The summed E-state index contributed by atoms with van der Waals surface area (Å²) >= 11 is 3.18. The van der Waals surface area contributed by atoms with E-state index in [9.17, 15) is 9.59 Å². The van der Waals surface area contributed by atoms with Gasteiger partial charge in [-0.25, -0.2) is 9.59 Å². The van der Waals surface area contributed by atoms with Crippen molar-refractivity contribution in [2.75, 3.05) is 6.61 Å². The van der Waals surface area contributed by atoms with Crippen molar-refractivity contribution in [3.63, 3.8) is 0 Å². The summed E-state index contributed by atoms with van der Waals surface area (Å²) in [7, 11) is 0. The molecule has 0 unspecified atom stereocenters. The highest BCUT2D eigenvalue weighted by Gasteiger charge is 2.21. The van der Waals surface area contributed by atoms with Crippen LogP contribution in [0.1, 0.15) is 57.6 Å². The van der Waals surface area contributed by atoms with Gasteiger partial charge in [0, 0.05) is 0 Å². The average Bonchev–Trinajstić information content (AvgIpc) is 3.35. The first kappa shape index (κ1) is 24.2. The summed E-state index contributed by atoms with van der Waals surface area (Å²) in [4.78, 5) is 25.7. The van der Waals surface area contributed by atoms with Crippen LogP contribution in [0.2, 0.25) is 0 Å². The lowest BCUT2D eigenvalue weighted by molar-refractivity contribution is 0.0280. The molecule has 0 fully saturated rings. The molecule has 0 aromatic carbocycles. The lowest BCUT2D eigenvalue weighted by Gasteiger charge is -2.24. The zero-order chi connectivity index (χ0) is 22.0. The van der Waals surface area contributed by atoms with Gasteiger partial charge in [0.05, 0.1) is 13.1 Å². The van der Waals surface area contributed by atoms with Crippen molar-refractivity contribution in [3.8, 4) is 0 Å². The lowest BCUT2D eigenvalue weighted by atomic mass is 9.89. The first-order chi connectivity index (χ1) is 14.2. The minimum absolute atomic E-state index is 0.00106. The maximum absolute atomic E-state index is 12.8. The number of carbonyl (C=O) groups excluding carboxylic acids is 2. The zero-order valence-electron chi connectivity index (χ0n) is 18.0. The van der Waals surface area contributed by atoms with E-state index in [0.29, 0.717) is 19.5 Å².